The predicted octanol–water partition coefficient (Wildman–Crippen LogP) is 6.28. The van der Waals surface area contributed by atoms with E-state index in [9.17, 15) is 9.59 Å². The van der Waals surface area contributed by atoms with Crippen LogP contribution in [0.1, 0.15) is 59.3 Å². The van der Waals surface area contributed by atoms with Crippen LogP contribution in [0.2, 0.25) is 0 Å². The maximum Gasteiger partial charge on any atom is 0.258 e. The van der Waals surface area contributed by atoms with Crippen molar-refractivity contribution in [2.75, 3.05) is 5.75 Å². The third kappa shape index (κ3) is 4.13. The van der Waals surface area contributed by atoms with Gasteiger partial charge in [0, 0.05) is 16.5 Å². The second kappa shape index (κ2) is 9.58. The Hall–Kier alpha value is -3.38. The van der Waals surface area contributed by atoms with Gasteiger partial charge in [0.05, 0.1) is 29.8 Å². The van der Waals surface area contributed by atoms with Gasteiger partial charge < -0.3 is 4.42 Å². The van der Waals surface area contributed by atoms with Gasteiger partial charge in [0.25, 0.3) is 5.56 Å². The second-order valence-corrected chi connectivity index (χ2v) is 10.8. The third-order valence-corrected chi connectivity index (χ3v) is 8.58. The number of thioether (sulfide) groups is 1. The number of aromatic nitrogens is 2. The van der Waals surface area contributed by atoms with Crippen LogP contribution < -0.4 is 5.56 Å². The summed E-state index contributed by atoms with van der Waals surface area (Å²) in [7, 11) is 0. The summed E-state index contributed by atoms with van der Waals surface area (Å²) in [6.07, 6.45) is 7.98. The molecule has 2 heterocycles. The number of carbonyl (C=O) groups excluding carboxylic acids is 1. The summed E-state index contributed by atoms with van der Waals surface area (Å²) in [5, 5.41) is 0.557. The smallest absolute Gasteiger partial charge is 0.258 e. The lowest BCUT2D eigenvalue weighted by Gasteiger charge is -2.42. The van der Waals surface area contributed by atoms with Crippen LogP contribution in [0, 0.1) is 0 Å². The first-order valence-corrected chi connectivity index (χ1v) is 13.6. The largest absolute Gasteiger partial charge is 0.467 e. The fraction of sp³-hybridized carbons (Fsp3) is 0.300. The van der Waals surface area contributed by atoms with Gasteiger partial charge in [-0.05, 0) is 37.0 Å². The molecular weight excluding hydrogens is 468 g/mol. The normalized spacial score (nSPS) is 15.9. The molecular formula is C30H28N2O3S. The molecule has 6 heteroatoms. The zero-order chi connectivity index (χ0) is 24.5. The average Bonchev–Trinajstić information content (AvgIpc) is 3.43. The minimum atomic E-state index is -0.181. The predicted molar refractivity (Wildman–Crippen MR) is 142 cm³/mol. The number of benzene rings is 2. The molecule has 0 bridgehead atoms. The van der Waals surface area contributed by atoms with E-state index < -0.39 is 0 Å². The van der Waals surface area contributed by atoms with Gasteiger partial charge in [0.15, 0.2) is 10.9 Å². The average molecular weight is 497 g/mol. The molecule has 182 valence electrons. The highest BCUT2D eigenvalue weighted by molar-refractivity contribution is 7.99. The minimum Gasteiger partial charge on any atom is -0.467 e. The van der Waals surface area contributed by atoms with Gasteiger partial charge in [-0.3, -0.25) is 14.2 Å². The van der Waals surface area contributed by atoms with Crippen LogP contribution in [0.4, 0.5) is 0 Å². The third-order valence-electron chi connectivity index (χ3n) is 7.60. The molecule has 2 aromatic carbocycles. The number of hydrogen-bond acceptors (Lipinski definition) is 5. The fourth-order valence-electron chi connectivity index (χ4n) is 5.87. The van der Waals surface area contributed by atoms with E-state index in [4.69, 9.17) is 9.40 Å². The lowest BCUT2D eigenvalue weighted by molar-refractivity contribution is 0.102. The van der Waals surface area contributed by atoms with Crippen molar-refractivity contribution in [2.45, 2.75) is 55.6 Å². The summed E-state index contributed by atoms with van der Waals surface area (Å²) in [6, 6.07) is 21.3. The van der Waals surface area contributed by atoms with Crippen molar-refractivity contribution < 1.29 is 9.21 Å². The molecule has 4 aromatic rings. The maximum absolute atomic E-state index is 14.3. The van der Waals surface area contributed by atoms with Gasteiger partial charge in [-0.1, -0.05) is 85.6 Å². The molecule has 6 rings (SSSR count). The summed E-state index contributed by atoms with van der Waals surface area (Å²) >= 11 is 1.33. The van der Waals surface area contributed by atoms with Gasteiger partial charge in [-0.2, -0.15) is 0 Å². The van der Waals surface area contributed by atoms with Crippen LogP contribution in [0.3, 0.4) is 0 Å². The first kappa shape index (κ1) is 23.0. The molecule has 0 amide bonds. The number of hydrogen-bond donors (Lipinski definition) is 0. The van der Waals surface area contributed by atoms with E-state index >= 15 is 0 Å². The molecule has 2 aromatic heterocycles. The molecule has 0 aliphatic heterocycles. The molecule has 0 saturated heterocycles. The van der Waals surface area contributed by atoms with E-state index in [1.807, 2.05) is 48.5 Å². The van der Waals surface area contributed by atoms with E-state index in [-0.39, 0.29) is 22.5 Å². The summed E-state index contributed by atoms with van der Waals surface area (Å²) in [5.41, 5.74) is 4.44. The summed E-state index contributed by atoms with van der Waals surface area (Å²) in [5.74, 6) is 0.922. The highest BCUT2D eigenvalue weighted by Gasteiger charge is 2.43. The molecule has 2 aliphatic rings. The van der Waals surface area contributed by atoms with Crippen molar-refractivity contribution in [1.82, 2.24) is 9.55 Å². The standard InChI is InChI=1S/C30H28N2O3S/c33-25(21-10-3-1-4-11-21)20-36-29-31-27-24-14-6-5-12-22(24)18-30(15-7-2-8-16-30)26(27)28(34)32(29)19-23-13-9-17-35-23/h1,3-6,9-14,17H,2,7-8,15-16,18-20H2. The van der Waals surface area contributed by atoms with Gasteiger partial charge in [-0.25, -0.2) is 4.98 Å². The van der Waals surface area contributed by atoms with Gasteiger partial charge in [0.2, 0.25) is 0 Å². The zero-order valence-electron chi connectivity index (χ0n) is 20.1. The molecule has 36 heavy (non-hydrogen) atoms. The molecule has 1 saturated carbocycles. The Morgan fingerprint density at radius 3 is 2.53 bits per heavy atom. The number of nitrogens with zero attached hydrogens (tertiary/aromatic N) is 2. The molecule has 0 N–H and O–H groups in total. The molecule has 5 nitrogen and oxygen atoms in total. The van der Waals surface area contributed by atoms with Gasteiger partial charge in [-0.15, -0.1) is 0 Å². The molecule has 2 aliphatic carbocycles. The highest BCUT2D eigenvalue weighted by atomic mass is 32.2. The maximum atomic E-state index is 14.3. The molecule has 0 atom stereocenters. The number of fused-ring (bicyclic) bond motifs is 4. The van der Waals surface area contributed by atoms with Crippen molar-refractivity contribution in [3.63, 3.8) is 0 Å². The van der Waals surface area contributed by atoms with E-state index in [0.717, 1.165) is 48.9 Å². The van der Waals surface area contributed by atoms with E-state index in [1.165, 1.54) is 23.7 Å². The van der Waals surface area contributed by atoms with Crippen molar-refractivity contribution in [2.24, 2.45) is 0 Å². The zero-order valence-corrected chi connectivity index (χ0v) is 20.9. The number of ketones is 1. The van der Waals surface area contributed by atoms with Gasteiger partial charge in [0.1, 0.15) is 5.76 Å². The highest BCUT2D eigenvalue weighted by Crippen LogP contribution is 2.48. The number of carbonyl (C=O) groups is 1. The Morgan fingerprint density at radius 2 is 1.75 bits per heavy atom. The van der Waals surface area contributed by atoms with Crippen LogP contribution in [-0.2, 0) is 18.4 Å². The molecule has 0 unspecified atom stereocenters. The monoisotopic (exact) mass is 496 g/mol. The minimum absolute atomic E-state index is 0.00228. The number of furan rings is 1. The first-order valence-electron chi connectivity index (χ1n) is 12.6. The van der Waals surface area contributed by atoms with Crippen LogP contribution in [0.5, 0.6) is 0 Å². The second-order valence-electron chi connectivity index (χ2n) is 9.84. The van der Waals surface area contributed by atoms with Crippen LogP contribution >= 0.6 is 11.8 Å². The van der Waals surface area contributed by atoms with Gasteiger partial charge >= 0.3 is 0 Å². The van der Waals surface area contributed by atoms with Crippen molar-refractivity contribution in [3.8, 4) is 11.3 Å². The van der Waals surface area contributed by atoms with E-state index in [2.05, 4.69) is 18.2 Å². The van der Waals surface area contributed by atoms with Crippen molar-refractivity contribution >= 4 is 17.5 Å². The Balaban J connectivity index is 1.49. The lowest BCUT2D eigenvalue weighted by atomic mass is 9.62. The summed E-state index contributed by atoms with van der Waals surface area (Å²) < 4.78 is 7.34. The summed E-state index contributed by atoms with van der Waals surface area (Å²) in [6.45, 7) is 0.297. The SMILES string of the molecule is O=C(CSc1nc2c(c(=O)n1Cc1ccco1)C1(CCCCC1)Cc1ccccc1-2)c1ccccc1. The van der Waals surface area contributed by atoms with Crippen LogP contribution in [0.25, 0.3) is 11.3 Å². The number of rotatable bonds is 6. The van der Waals surface area contributed by atoms with Crippen LogP contribution in [-0.4, -0.2) is 21.1 Å². The Kier molecular flexibility index (Phi) is 6.13. The molecule has 1 spiro atoms. The quantitative estimate of drug-likeness (QED) is 0.178. The van der Waals surface area contributed by atoms with E-state index in [0.29, 0.717) is 23.0 Å². The van der Waals surface area contributed by atoms with Crippen molar-refractivity contribution in [3.05, 3.63) is 106 Å². The van der Waals surface area contributed by atoms with Crippen LogP contribution in [0.15, 0.2) is 87.4 Å². The van der Waals surface area contributed by atoms with Crippen molar-refractivity contribution in [1.29, 1.82) is 0 Å². The summed E-state index contributed by atoms with van der Waals surface area (Å²) in [4.78, 5) is 32.4. The topological polar surface area (TPSA) is 65.1 Å². The first-order chi connectivity index (χ1) is 17.6. The molecule has 0 radical (unpaired) electrons. The lowest BCUT2D eigenvalue weighted by Crippen LogP contribution is -2.43. The number of Topliss-reactive ketones (excluding diaryl/α,β-unsaturated/α-hetero) is 1. The fourth-order valence-corrected chi connectivity index (χ4v) is 6.75. The Bertz CT molecular complexity index is 1450. The molecule has 1 fully saturated rings. The van der Waals surface area contributed by atoms with E-state index in [1.54, 1.807) is 10.8 Å². The Morgan fingerprint density at radius 1 is 0.972 bits per heavy atom. The Labute approximate surface area is 214 Å².